The summed E-state index contributed by atoms with van der Waals surface area (Å²) in [5, 5.41) is 1.04. The Bertz CT molecular complexity index is 487. The van der Waals surface area contributed by atoms with E-state index < -0.39 is 0 Å². The fourth-order valence-electron chi connectivity index (χ4n) is 2.05. The van der Waals surface area contributed by atoms with E-state index in [9.17, 15) is 4.79 Å². The van der Waals surface area contributed by atoms with Gasteiger partial charge in [0.15, 0.2) is 0 Å². The van der Waals surface area contributed by atoms with Crippen LogP contribution in [0.1, 0.15) is 13.3 Å². The van der Waals surface area contributed by atoms with Gasteiger partial charge in [-0.25, -0.2) is 0 Å². The quantitative estimate of drug-likeness (QED) is 0.845. The van der Waals surface area contributed by atoms with Gasteiger partial charge in [0.2, 0.25) is 5.91 Å². The lowest BCUT2D eigenvalue weighted by Gasteiger charge is -2.20. The normalized spacial score (nSPS) is 19.6. The molecule has 0 radical (unpaired) electrons. The molecule has 1 aliphatic rings. The number of rotatable bonds is 3. The summed E-state index contributed by atoms with van der Waals surface area (Å²) < 4.78 is 0. The Labute approximate surface area is 139 Å². The first-order valence-electron chi connectivity index (χ1n) is 6.13. The molecule has 0 saturated carbocycles. The number of carbonyl (C=O) groups excluding carboxylic acids is 1. The molecule has 0 aromatic heterocycles. The van der Waals surface area contributed by atoms with E-state index in [4.69, 9.17) is 28.9 Å². The molecule has 112 valence electrons. The second-order valence-electron chi connectivity index (χ2n) is 4.67. The second kappa shape index (κ2) is 7.76. The van der Waals surface area contributed by atoms with E-state index in [2.05, 4.69) is 0 Å². The lowest BCUT2D eigenvalue weighted by molar-refractivity contribution is -0.129. The summed E-state index contributed by atoms with van der Waals surface area (Å²) in [6.45, 7) is 3.27. The molecule has 2 atom stereocenters. The van der Waals surface area contributed by atoms with Crippen molar-refractivity contribution in [1.29, 1.82) is 0 Å². The highest BCUT2D eigenvalue weighted by Gasteiger charge is 2.27. The van der Waals surface area contributed by atoms with Crippen LogP contribution in [-0.4, -0.2) is 35.2 Å². The molecule has 20 heavy (non-hydrogen) atoms. The molecule has 1 amide bonds. The Balaban J connectivity index is 0.00000200. The zero-order chi connectivity index (χ0) is 14.0. The minimum atomic E-state index is -0.193. The summed E-state index contributed by atoms with van der Waals surface area (Å²) in [7, 11) is 0. The van der Waals surface area contributed by atoms with E-state index in [0.29, 0.717) is 16.6 Å². The number of likely N-dealkylation sites (tertiary alicyclic amines) is 1. The average molecular weight is 356 g/mol. The van der Waals surface area contributed by atoms with Crippen molar-refractivity contribution in [2.45, 2.75) is 29.5 Å². The van der Waals surface area contributed by atoms with E-state index in [0.717, 1.165) is 17.9 Å². The van der Waals surface area contributed by atoms with Gasteiger partial charge in [-0.05, 0) is 31.5 Å². The van der Waals surface area contributed by atoms with Crippen molar-refractivity contribution in [3.63, 3.8) is 0 Å². The van der Waals surface area contributed by atoms with Gasteiger partial charge < -0.3 is 10.6 Å². The number of nitrogens with two attached hydrogens (primary N) is 1. The van der Waals surface area contributed by atoms with Gasteiger partial charge in [-0.1, -0.05) is 23.2 Å². The highest BCUT2D eigenvalue weighted by atomic mass is 35.5. The van der Waals surface area contributed by atoms with Crippen molar-refractivity contribution in [3.8, 4) is 0 Å². The van der Waals surface area contributed by atoms with Crippen molar-refractivity contribution in [1.82, 2.24) is 4.90 Å². The van der Waals surface area contributed by atoms with Gasteiger partial charge in [0.25, 0.3) is 0 Å². The first kappa shape index (κ1) is 17.9. The zero-order valence-corrected chi connectivity index (χ0v) is 14.2. The second-order valence-corrected chi connectivity index (χ2v) is 6.89. The SMILES string of the molecule is CC(Sc1cc(Cl)ccc1Cl)C(=O)N1CC[C@@H](N)C1.Cl. The third-order valence-corrected chi connectivity index (χ3v) is 4.90. The van der Waals surface area contributed by atoms with Crippen molar-refractivity contribution in [2.24, 2.45) is 5.73 Å². The van der Waals surface area contributed by atoms with Crippen LogP contribution in [0.25, 0.3) is 0 Å². The fourth-order valence-corrected chi connectivity index (χ4v) is 3.55. The predicted molar refractivity (Wildman–Crippen MR) is 88.2 cm³/mol. The van der Waals surface area contributed by atoms with Crippen LogP contribution >= 0.6 is 47.4 Å². The van der Waals surface area contributed by atoms with Gasteiger partial charge in [-0.3, -0.25) is 4.79 Å². The van der Waals surface area contributed by atoms with Crippen molar-refractivity contribution in [3.05, 3.63) is 28.2 Å². The summed E-state index contributed by atoms with van der Waals surface area (Å²) in [4.78, 5) is 14.9. The molecule has 1 saturated heterocycles. The maximum atomic E-state index is 12.3. The first-order valence-corrected chi connectivity index (χ1v) is 7.77. The van der Waals surface area contributed by atoms with Crippen LogP contribution in [0.5, 0.6) is 0 Å². The Morgan fingerprint density at radius 3 is 2.80 bits per heavy atom. The molecule has 1 aromatic carbocycles. The van der Waals surface area contributed by atoms with Crippen LogP contribution in [0.4, 0.5) is 0 Å². The minimum Gasteiger partial charge on any atom is -0.340 e. The Morgan fingerprint density at radius 2 is 2.20 bits per heavy atom. The van der Waals surface area contributed by atoms with Gasteiger partial charge in [0.1, 0.15) is 0 Å². The number of hydrogen-bond acceptors (Lipinski definition) is 3. The monoisotopic (exact) mass is 354 g/mol. The van der Waals surface area contributed by atoms with Crippen LogP contribution in [0.3, 0.4) is 0 Å². The largest absolute Gasteiger partial charge is 0.340 e. The number of benzene rings is 1. The van der Waals surface area contributed by atoms with E-state index in [1.807, 2.05) is 11.8 Å². The van der Waals surface area contributed by atoms with Gasteiger partial charge in [-0.2, -0.15) is 0 Å². The topological polar surface area (TPSA) is 46.3 Å². The summed E-state index contributed by atoms with van der Waals surface area (Å²) in [6.07, 6.45) is 0.876. The van der Waals surface area contributed by atoms with E-state index in [-0.39, 0.29) is 29.6 Å². The Morgan fingerprint density at radius 1 is 1.50 bits per heavy atom. The molecule has 2 N–H and O–H groups in total. The third-order valence-electron chi connectivity index (χ3n) is 3.08. The van der Waals surface area contributed by atoms with Crippen molar-refractivity contribution < 1.29 is 4.79 Å². The van der Waals surface area contributed by atoms with Crippen molar-refractivity contribution in [2.75, 3.05) is 13.1 Å². The molecule has 1 fully saturated rings. The molecular weight excluding hydrogens is 339 g/mol. The fraction of sp³-hybridized carbons (Fsp3) is 0.462. The van der Waals surface area contributed by atoms with Gasteiger partial charge >= 0.3 is 0 Å². The van der Waals surface area contributed by atoms with E-state index in [1.165, 1.54) is 11.8 Å². The molecule has 1 unspecified atom stereocenters. The molecule has 7 heteroatoms. The van der Waals surface area contributed by atoms with Crippen LogP contribution in [-0.2, 0) is 4.79 Å². The Kier molecular flexibility index (Phi) is 6.95. The molecule has 0 aliphatic carbocycles. The van der Waals surface area contributed by atoms with Gasteiger partial charge in [0.05, 0.1) is 10.3 Å². The minimum absolute atomic E-state index is 0. The standard InChI is InChI=1S/C13H16Cl2N2OS.ClH/c1-8(13(18)17-5-4-10(16)7-17)19-12-6-9(14)2-3-11(12)15;/h2-3,6,8,10H,4-5,7,16H2,1H3;1H/t8?,10-;/m1./s1. The van der Waals surface area contributed by atoms with Crippen LogP contribution in [0.15, 0.2) is 23.1 Å². The van der Waals surface area contributed by atoms with Gasteiger partial charge in [-0.15, -0.1) is 24.2 Å². The molecule has 1 aromatic rings. The van der Waals surface area contributed by atoms with Crippen LogP contribution < -0.4 is 5.73 Å². The molecule has 2 rings (SSSR count). The molecule has 0 bridgehead atoms. The predicted octanol–water partition coefficient (Wildman–Crippen LogP) is 3.46. The zero-order valence-electron chi connectivity index (χ0n) is 11.0. The van der Waals surface area contributed by atoms with Crippen LogP contribution in [0.2, 0.25) is 10.0 Å². The van der Waals surface area contributed by atoms with E-state index >= 15 is 0 Å². The molecule has 1 heterocycles. The number of thioether (sulfide) groups is 1. The smallest absolute Gasteiger partial charge is 0.235 e. The maximum absolute atomic E-state index is 12.3. The Hall–Kier alpha value is -0.130. The highest BCUT2D eigenvalue weighted by Crippen LogP contribution is 2.33. The summed E-state index contributed by atoms with van der Waals surface area (Å²) in [6, 6.07) is 5.37. The van der Waals surface area contributed by atoms with Gasteiger partial charge in [0, 0.05) is 29.0 Å². The highest BCUT2D eigenvalue weighted by molar-refractivity contribution is 8.00. The number of nitrogens with zero attached hydrogens (tertiary/aromatic N) is 1. The summed E-state index contributed by atoms with van der Waals surface area (Å²) in [5.41, 5.74) is 5.82. The molecule has 1 aliphatic heterocycles. The number of hydrogen-bond donors (Lipinski definition) is 1. The number of carbonyl (C=O) groups is 1. The number of halogens is 3. The molecule has 3 nitrogen and oxygen atoms in total. The lowest BCUT2D eigenvalue weighted by atomic mass is 10.3. The summed E-state index contributed by atoms with van der Waals surface area (Å²) >= 11 is 13.5. The molecule has 0 spiro atoms. The average Bonchev–Trinajstić information content (AvgIpc) is 2.79. The first-order chi connectivity index (χ1) is 8.97. The number of amides is 1. The van der Waals surface area contributed by atoms with E-state index in [1.54, 1.807) is 18.2 Å². The lowest BCUT2D eigenvalue weighted by Crippen LogP contribution is -2.36. The maximum Gasteiger partial charge on any atom is 0.235 e. The third kappa shape index (κ3) is 4.43. The molecular formula is C13H17Cl3N2OS. The van der Waals surface area contributed by atoms with Crippen LogP contribution in [0, 0.1) is 0 Å². The van der Waals surface area contributed by atoms with Crippen molar-refractivity contribution >= 4 is 53.3 Å². The summed E-state index contributed by atoms with van der Waals surface area (Å²) in [5.74, 6) is 0.106.